The van der Waals surface area contributed by atoms with E-state index in [0.717, 1.165) is 44.3 Å². The van der Waals surface area contributed by atoms with Crippen LogP contribution in [0.15, 0.2) is 35.3 Å². The minimum absolute atomic E-state index is 0.00367. The number of carbonyl (C=O) groups is 2. The van der Waals surface area contributed by atoms with E-state index in [-0.39, 0.29) is 23.0 Å². The zero-order chi connectivity index (χ0) is 19.9. The summed E-state index contributed by atoms with van der Waals surface area (Å²) in [7, 11) is 0. The molecule has 2 unspecified atom stereocenters. The van der Waals surface area contributed by atoms with Crippen LogP contribution >= 0.6 is 0 Å². The molecule has 2 aliphatic heterocycles. The summed E-state index contributed by atoms with van der Waals surface area (Å²) in [5.74, 6) is -1.19. The predicted octanol–water partition coefficient (Wildman–Crippen LogP) is 2.48. The van der Waals surface area contributed by atoms with E-state index in [1.54, 1.807) is 4.90 Å². The van der Waals surface area contributed by atoms with Crippen molar-refractivity contribution in [1.82, 2.24) is 14.8 Å². The van der Waals surface area contributed by atoms with Crippen LogP contribution < -0.4 is 5.32 Å². The third-order valence-corrected chi connectivity index (χ3v) is 5.04. The average Bonchev–Trinajstić information content (AvgIpc) is 3.31. The van der Waals surface area contributed by atoms with Crippen LogP contribution in [0.3, 0.4) is 0 Å². The molecule has 0 spiro atoms. The van der Waals surface area contributed by atoms with Crippen molar-refractivity contribution in [3.05, 3.63) is 47.7 Å². The number of nitrogens with zero attached hydrogens (tertiary/aromatic N) is 3. The molecule has 2 amide bonds. The maximum absolute atomic E-state index is 13.3. The molecule has 28 heavy (non-hydrogen) atoms. The molecule has 2 saturated heterocycles. The standard InChI is InChI=1S/C18H17F3N4O3/c19-18(20,21)12-5-11(17(27)25-4-3-24-2-1-14(25)8-24)6-13(7-12)23-16(26)15-9-28-10-22-15/h5-7,9-10,14H,1-4,8H2,(H,23,26). The number of anilines is 1. The fourth-order valence-electron chi connectivity index (χ4n) is 3.64. The minimum atomic E-state index is -4.66. The number of piperazine rings is 1. The van der Waals surface area contributed by atoms with Crippen molar-refractivity contribution in [2.45, 2.75) is 18.6 Å². The fraction of sp³-hybridized carbons (Fsp3) is 0.389. The van der Waals surface area contributed by atoms with Crippen molar-refractivity contribution in [3.8, 4) is 0 Å². The van der Waals surface area contributed by atoms with Gasteiger partial charge >= 0.3 is 6.18 Å². The summed E-state index contributed by atoms with van der Waals surface area (Å²) in [4.78, 5) is 32.6. The van der Waals surface area contributed by atoms with Gasteiger partial charge in [0, 0.05) is 43.5 Å². The molecule has 1 aromatic carbocycles. The Morgan fingerprint density at radius 3 is 2.71 bits per heavy atom. The second-order valence-electron chi connectivity index (χ2n) is 6.87. The van der Waals surface area contributed by atoms with E-state index in [0.29, 0.717) is 13.1 Å². The van der Waals surface area contributed by atoms with E-state index in [2.05, 4.69) is 15.2 Å². The van der Waals surface area contributed by atoms with Crippen LogP contribution in [-0.2, 0) is 6.18 Å². The van der Waals surface area contributed by atoms with Gasteiger partial charge in [0.15, 0.2) is 12.1 Å². The molecule has 0 radical (unpaired) electrons. The molecule has 2 aliphatic rings. The van der Waals surface area contributed by atoms with Crippen LogP contribution in [0.2, 0.25) is 0 Å². The van der Waals surface area contributed by atoms with Crippen LogP contribution in [0.25, 0.3) is 0 Å². The molecular weight excluding hydrogens is 377 g/mol. The number of halogens is 3. The number of fused-ring (bicyclic) bond motifs is 2. The van der Waals surface area contributed by atoms with Gasteiger partial charge in [0.2, 0.25) is 0 Å². The Bertz CT molecular complexity index is 898. The number of nitrogens with one attached hydrogen (secondary N) is 1. The topological polar surface area (TPSA) is 78.7 Å². The van der Waals surface area contributed by atoms with Gasteiger partial charge < -0.3 is 14.6 Å². The molecule has 148 valence electrons. The maximum Gasteiger partial charge on any atom is 0.416 e. The summed E-state index contributed by atoms with van der Waals surface area (Å²) in [5, 5.41) is 2.35. The Hall–Kier alpha value is -2.88. The summed E-state index contributed by atoms with van der Waals surface area (Å²) in [6.45, 7) is 2.80. The second-order valence-corrected chi connectivity index (χ2v) is 6.87. The van der Waals surface area contributed by atoms with Gasteiger partial charge in [-0.3, -0.25) is 14.5 Å². The predicted molar refractivity (Wildman–Crippen MR) is 91.8 cm³/mol. The summed E-state index contributed by atoms with van der Waals surface area (Å²) in [6.07, 6.45) is -1.73. The van der Waals surface area contributed by atoms with Crippen LogP contribution in [0.4, 0.5) is 18.9 Å². The van der Waals surface area contributed by atoms with E-state index in [4.69, 9.17) is 4.42 Å². The Morgan fingerprint density at radius 1 is 1.18 bits per heavy atom. The summed E-state index contributed by atoms with van der Waals surface area (Å²) in [6, 6.07) is 2.89. The van der Waals surface area contributed by atoms with E-state index in [9.17, 15) is 22.8 Å². The fourth-order valence-corrected chi connectivity index (χ4v) is 3.64. The van der Waals surface area contributed by atoms with E-state index in [1.807, 2.05) is 0 Å². The number of hydrogen-bond donors (Lipinski definition) is 1. The Balaban J connectivity index is 1.64. The molecule has 7 nitrogen and oxygen atoms in total. The Kier molecular flexibility index (Phi) is 4.58. The highest BCUT2D eigenvalue weighted by Gasteiger charge is 2.37. The van der Waals surface area contributed by atoms with Crippen molar-refractivity contribution in [2.24, 2.45) is 0 Å². The van der Waals surface area contributed by atoms with Gasteiger partial charge in [0.1, 0.15) is 6.26 Å². The lowest BCUT2D eigenvalue weighted by Gasteiger charge is -2.34. The first-order chi connectivity index (χ1) is 13.3. The highest BCUT2D eigenvalue weighted by molar-refractivity contribution is 6.04. The van der Waals surface area contributed by atoms with Crippen molar-refractivity contribution in [2.75, 3.05) is 31.5 Å². The number of benzene rings is 1. The first-order valence-corrected chi connectivity index (χ1v) is 8.76. The minimum Gasteiger partial charge on any atom is -0.451 e. The number of rotatable bonds is 3. The van der Waals surface area contributed by atoms with Gasteiger partial charge in [-0.1, -0.05) is 0 Å². The van der Waals surface area contributed by atoms with Crippen molar-refractivity contribution >= 4 is 17.5 Å². The van der Waals surface area contributed by atoms with Crippen molar-refractivity contribution < 1.29 is 27.2 Å². The lowest BCUT2D eigenvalue weighted by atomic mass is 10.1. The first-order valence-electron chi connectivity index (χ1n) is 8.76. The molecule has 4 rings (SSSR count). The number of amides is 2. The van der Waals surface area contributed by atoms with Gasteiger partial charge in [0.25, 0.3) is 11.8 Å². The molecule has 3 heterocycles. The Labute approximate surface area is 158 Å². The van der Waals surface area contributed by atoms with E-state index in [1.165, 1.54) is 6.07 Å². The SMILES string of the molecule is O=C(Nc1cc(C(=O)N2CCN3CCC2C3)cc(C(F)(F)F)c1)c1cocn1. The molecule has 2 fully saturated rings. The van der Waals surface area contributed by atoms with Crippen LogP contribution in [0.1, 0.15) is 32.8 Å². The van der Waals surface area contributed by atoms with Gasteiger partial charge in [-0.05, 0) is 24.6 Å². The molecule has 0 aliphatic carbocycles. The van der Waals surface area contributed by atoms with E-state index < -0.39 is 23.6 Å². The first kappa shape index (κ1) is 18.5. The monoisotopic (exact) mass is 394 g/mol. The van der Waals surface area contributed by atoms with Crippen LogP contribution in [0.5, 0.6) is 0 Å². The average molecular weight is 394 g/mol. The molecule has 1 aromatic heterocycles. The van der Waals surface area contributed by atoms with E-state index >= 15 is 0 Å². The molecule has 1 N–H and O–H groups in total. The van der Waals surface area contributed by atoms with Gasteiger partial charge in [-0.25, -0.2) is 4.98 Å². The zero-order valence-corrected chi connectivity index (χ0v) is 14.7. The smallest absolute Gasteiger partial charge is 0.416 e. The number of hydrogen-bond acceptors (Lipinski definition) is 5. The molecule has 2 bridgehead atoms. The van der Waals surface area contributed by atoms with Gasteiger partial charge in [0.05, 0.1) is 5.56 Å². The second kappa shape index (κ2) is 6.93. The quantitative estimate of drug-likeness (QED) is 0.865. The lowest BCUT2D eigenvalue weighted by molar-refractivity contribution is -0.137. The highest BCUT2D eigenvalue weighted by Crippen LogP contribution is 2.33. The third kappa shape index (κ3) is 3.59. The number of carbonyl (C=O) groups excluding carboxylic acids is 2. The largest absolute Gasteiger partial charge is 0.451 e. The van der Waals surface area contributed by atoms with Crippen molar-refractivity contribution in [3.63, 3.8) is 0 Å². The number of oxazole rings is 1. The van der Waals surface area contributed by atoms with Crippen molar-refractivity contribution in [1.29, 1.82) is 0 Å². The normalized spacial score (nSPS) is 21.6. The van der Waals surface area contributed by atoms with Crippen LogP contribution in [-0.4, -0.2) is 58.8 Å². The Morgan fingerprint density at radius 2 is 2.00 bits per heavy atom. The maximum atomic E-state index is 13.3. The summed E-state index contributed by atoms with van der Waals surface area (Å²) in [5.41, 5.74) is -1.31. The lowest BCUT2D eigenvalue weighted by Crippen LogP contribution is -2.49. The highest BCUT2D eigenvalue weighted by atomic mass is 19.4. The summed E-state index contributed by atoms with van der Waals surface area (Å²) < 4.78 is 44.7. The van der Waals surface area contributed by atoms with Crippen LogP contribution in [0, 0.1) is 0 Å². The third-order valence-electron chi connectivity index (χ3n) is 5.04. The molecule has 2 atom stereocenters. The molecule has 10 heteroatoms. The molecule has 0 saturated carbocycles. The summed E-state index contributed by atoms with van der Waals surface area (Å²) >= 11 is 0. The molecular formula is C18H17F3N4O3. The zero-order valence-electron chi connectivity index (χ0n) is 14.7. The molecule has 2 aromatic rings. The van der Waals surface area contributed by atoms with Gasteiger partial charge in [-0.15, -0.1) is 0 Å². The number of aromatic nitrogens is 1. The number of alkyl halides is 3. The van der Waals surface area contributed by atoms with Gasteiger partial charge in [-0.2, -0.15) is 13.2 Å².